The van der Waals surface area contributed by atoms with Crippen LogP contribution in [0.15, 0.2) is 30.5 Å². The molecule has 0 radical (unpaired) electrons. The number of nitriles is 1. The molecule has 0 atom stereocenters. The maximum Gasteiger partial charge on any atom is 0.421 e. The molecule has 1 aromatic heterocycles. The highest BCUT2D eigenvalue weighted by Crippen LogP contribution is 2.50. The Morgan fingerprint density at radius 1 is 1.18 bits per heavy atom. The van der Waals surface area contributed by atoms with Crippen molar-refractivity contribution in [3.63, 3.8) is 0 Å². The number of anilines is 2. The Morgan fingerprint density at radius 2 is 1.90 bits per heavy atom. The number of benzene rings is 1. The molecule has 0 unspecified atom stereocenters. The average Bonchev–Trinajstić information content (AvgIpc) is 3.11. The quantitative estimate of drug-likeness (QED) is 0.389. The number of hydrogen-bond acceptors (Lipinski definition) is 7. The van der Waals surface area contributed by atoms with Gasteiger partial charge in [0, 0.05) is 50.7 Å². The molecule has 5 rings (SSSR count). The zero-order valence-corrected chi connectivity index (χ0v) is 22.0. The highest BCUT2D eigenvalue weighted by atomic mass is 32.1. The number of nitrogens with zero attached hydrogens (tertiary/aromatic N) is 6. The second kappa shape index (κ2) is 10.3. The lowest BCUT2D eigenvalue weighted by atomic mass is 9.75. The van der Waals surface area contributed by atoms with Crippen LogP contribution in [0.5, 0.6) is 5.75 Å². The topological polar surface area (TPSA) is 75.9 Å². The van der Waals surface area contributed by atoms with Crippen LogP contribution < -0.4 is 14.5 Å². The number of ether oxygens (including phenoxy) is 1. The fourth-order valence-electron chi connectivity index (χ4n) is 5.30. The first kappa shape index (κ1) is 27.2. The Balaban J connectivity index is 1.41. The number of amides is 1. The van der Waals surface area contributed by atoms with E-state index in [9.17, 15) is 23.2 Å². The van der Waals surface area contributed by atoms with Gasteiger partial charge >= 0.3 is 6.18 Å². The van der Waals surface area contributed by atoms with Gasteiger partial charge in [0.05, 0.1) is 5.69 Å². The van der Waals surface area contributed by atoms with Gasteiger partial charge in [-0.1, -0.05) is 0 Å². The number of thiocarbonyl (C=S) groups is 1. The van der Waals surface area contributed by atoms with Crippen LogP contribution in [-0.4, -0.2) is 77.7 Å². The molecule has 13 heteroatoms. The number of rotatable bonds is 6. The molecule has 0 bridgehead atoms. The van der Waals surface area contributed by atoms with Gasteiger partial charge in [0.25, 0.3) is 5.91 Å². The van der Waals surface area contributed by atoms with E-state index < -0.39 is 40.4 Å². The summed E-state index contributed by atoms with van der Waals surface area (Å²) in [6.07, 6.45) is -2.60. The maximum absolute atomic E-state index is 15.2. The normalized spacial score (nSPS) is 19.9. The molecular formula is C26H26F4N6O2S. The number of piperazine rings is 1. The molecule has 1 saturated carbocycles. The van der Waals surface area contributed by atoms with Crippen LogP contribution in [0.2, 0.25) is 0 Å². The van der Waals surface area contributed by atoms with Crippen molar-refractivity contribution in [3.8, 4) is 11.8 Å². The fourth-order valence-corrected chi connectivity index (χ4v) is 5.76. The van der Waals surface area contributed by atoms with E-state index in [0.717, 1.165) is 43.3 Å². The highest BCUT2D eigenvalue weighted by molar-refractivity contribution is 7.81. The summed E-state index contributed by atoms with van der Waals surface area (Å²) in [6.45, 7) is 4.67. The van der Waals surface area contributed by atoms with Crippen molar-refractivity contribution in [3.05, 3.63) is 47.5 Å². The van der Waals surface area contributed by atoms with Crippen LogP contribution >= 0.6 is 12.2 Å². The first-order valence-electron chi connectivity index (χ1n) is 12.5. The molecule has 0 N–H and O–H groups in total. The number of aromatic nitrogens is 1. The summed E-state index contributed by atoms with van der Waals surface area (Å²) in [7, 11) is 2.06. The van der Waals surface area contributed by atoms with Gasteiger partial charge in [0.1, 0.15) is 23.8 Å². The second-order valence-electron chi connectivity index (χ2n) is 9.92. The molecule has 1 aromatic carbocycles. The molecule has 3 aliphatic rings. The predicted octanol–water partition coefficient (Wildman–Crippen LogP) is 3.80. The van der Waals surface area contributed by atoms with Gasteiger partial charge in [-0.2, -0.15) is 18.4 Å². The third-order valence-corrected chi connectivity index (χ3v) is 7.95. The number of carbonyl (C=O) groups is 1. The summed E-state index contributed by atoms with van der Waals surface area (Å²) < 4.78 is 62.8. The summed E-state index contributed by atoms with van der Waals surface area (Å²) >= 11 is 5.54. The Hall–Kier alpha value is -3.34. The molecule has 2 saturated heterocycles. The van der Waals surface area contributed by atoms with Gasteiger partial charge in [0.2, 0.25) is 0 Å². The summed E-state index contributed by atoms with van der Waals surface area (Å²) in [5.41, 5.74) is -3.76. The lowest BCUT2D eigenvalue weighted by Crippen LogP contribution is -2.55. The van der Waals surface area contributed by atoms with Crippen LogP contribution in [0.3, 0.4) is 0 Å². The van der Waals surface area contributed by atoms with Crippen molar-refractivity contribution >= 4 is 34.6 Å². The molecule has 1 aliphatic carbocycles. The molecule has 206 valence electrons. The molecule has 3 heterocycles. The van der Waals surface area contributed by atoms with Crippen LogP contribution in [-0.2, 0) is 11.0 Å². The zero-order valence-electron chi connectivity index (χ0n) is 21.2. The summed E-state index contributed by atoms with van der Waals surface area (Å²) in [6, 6.07) is 6.64. The van der Waals surface area contributed by atoms with E-state index >= 15 is 4.39 Å². The molecular weight excluding hydrogens is 536 g/mol. The number of halogens is 4. The molecule has 1 amide bonds. The van der Waals surface area contributed by atoms with Gasteiger partial charge in [-0.3, -0.25) is 14.6 Å². The Kier molecular flexibility index (Phi) is 7.21. The number of carbonyl (C=O) groups excluding carboxylic acids is 1. The zero-order chi connectivity index (χ0) is 27.9. The first-order valence-corrected chi connectivity index (χ1v) is 13.0. The second-order valence-corrected chi connectivity index (χ2v) is 10.3. The van der Waals surface area contributed by atoms with E-state index in [0.29, 0.717) is 32.4 Å². The minimum atomic E-state index is -4.96. The number of pyridine rings is 1. The lowest BCUT2D eigenvalue weighted by Gasteiger charge is -2.43. The highest BCUT2D eigenvalue weighted by Gasteiger charge is 2.60. The van der Waals surface area contributed by atoms with E-state index in [1.54, 1.807) is 6.07 Å². The van der Waals surface area contributed by atoms with Gasteiger partial charge in [-0.15, -0.1) is 0 Å². The SMILES string of the molecule is CN1CCN(CCOc2ccc(N3C(=S)N(c4ccnc(C#N)c4C(F)(F)F)C(=O)C34CCC4)cc2F)CC1. The standard InChI is InChI=1S/C26H26F4N6O2S/c1-33-9-11-34(12-10-33)13-14-38-21-4-3-17(15-18(21)27)36-24(39)35(23(37)25(36)6-2-7-25)20-5-8-32-19(16-31)22(20)26(28,29)30/h3-5,8,15H,2,6-7,9-14H2,1H3. The maximum atomic E-state index is 15.2. The van der Waals surface area contributed by atoms with Gasteiger partial charge in [0.15, 0.2) is 22.4 Å². The Bertz CT molecular complexity index is 1330. The fraction of sp³-hybridized carbons (Fsp3) is 0.462. The third-order valence-electron chi connectivity index (χ3n) is 7.59. The largest absolute Gasteiger partial charge is 0.489 e. The van der Waals surface area contributed by atoms with Gasteiger partial charge in [-0.05, 0) is 56.7 Å². The summed E-state index contributed by atoms with van der Waals surface area (Å²) in [4.78, 5) is 23.9. The van der Waals surface area contributed by atoms with Crippen molar-refractivity contribution in [1.29, 1.82) is 5.26 Å². The Morgan fingerprint density at radius 3 is 2.49 bits per heavy atom. The molecule has 8 nitrogen and oxygen atoms in total. The van der Waals surface area contributed by atoms with Crippen molar-refractivity contribution in [2.24, 2.45) is 0 Å². The molecule has 3 fully saturated rings. The molecule has 1 spiro atoms. The minimum absolute atomic E-state index is 0.0380. The Labute approximate surface area is 228 Å². The van der Waals surface area contributed by atoms with E-state index in [2.05, 4.69) is 21.8 Å². The van der Waals surface area contributed by atoms with Crippen LogP contribution in [0, 0.1) is 17.1 Å². The van der Waals surface area contributed by atoms with Crippen molar-refractivity contribution in [2.45, 2.75) is 31.0 Å². The van der Waals surface area contributed by atoms with E-state index in [-0.39, 0.29) is 16.5 Å². The number of likely N-dealkylation sites (N-methyl/N-ethyl adjacent to an activating group) is 1. The van der Waals surface area contributed by atoms with Gasteiger partial charge < -0.3 is 14.5 Å². The van der Waals surface area contributed by atoms with E-state index in [4.69, 9.17) is 17.0 Å². The predicted molar refractivity (Wildman–Crippen MR) is 139 cm³/mol. The first-order chi connectivity index (χ1) is 18.6. The van der Waals surface area contributed by atoms with Crippen LogP contribution in [0.25, 0.3) is 0 Å². The van der Waals surface area contributed by atoms with E-state index in [1.165, 1.54) is 23.1 Å². The smallest absolute Gasteiger partial charge is 0.421 e. The van der Waals surface area contributed by atoms with Crippen molar-refractivity contribution in [1.82, 2.24) is 14.8 Å². The minimum Gasteiger partial charge on any atom is -0.489 e. The molecule has 2 aromatic rings. The molecule has 2 aliphatic heterocycles. The summed E-state index contributed by atoms with van der Waals surface area (Å²) in [5, 5.41) is 9.04. The third kappa shape index (κ3) is 4.81. The summed E-state index contributed by atoms with van der Waals surface area (Å²) in [5.74, 6) is -1.27. The lowest BCUT2D eigenvalue weighted by molar-refractivity contribution is -0.137. The van der Waals surface area contributed by atoms with Gasteiger partial charge in [-0.25, -0.2) is 9.37 Å². The van der Waals surface area contributed by atoms with E-state index in [1.807, 2.05) is 0 Å². The van der Waals surface area contributed by atoms with Crippen molar-refractivity contribution < 1.29 is 27.1 Å². The van der Waals surface area contributed by atoms with Crippen LogP contribution in [0.1, 0.15) is 30.5 Å². The van der Waals surface area contributed by atoms with Crippen molar-refractivity contribution in [2.75, 3.05) is 56.2 Å². The average molecular weight is 563 g/mol. The number of hydrogen-bond donors (Lipinski definition) is 0. The van der Waals surface area contributed by atoms with Crippen LogP contribution in [0.4, 0.5) is 28.9 Å². The number of alkyl halides is 3. The molecule has 39 heavy (non-hydrogen) atoms. The monoisotopic (exact) mass is 562 g/mol.